The van der Waals surface area contributed by atoms with Gasteiger partial charge in [0.2, 0.25) is 0 Å². The first-order valence-corrected chi connectivity index (χ1v) is 7.82. The fraction of sp³-hybridized carbons (Fsp3) is 0.647. The monoisotopic (exact) mass is 275 g/mol. The quantitative estimate of drug-likeness (QED) is 0.900. The third-order valence-corrected chi connectivity index (χ3v) is 4.72. The molecule has 0 amide bonds. The molecule has 3 rings (SSSR count). The average Bonchev–Trinajstić information content (AvgIpc) is 2.43. The molecule has 1 saturated heterocycles. The number of hydrogen-bond acceptors (Lipinski definition) is 3. The number of aliphatic hydroxyl groups excluding tert-OH is 1. The Labute approximate surface area is 121 Å². The van der Waals surface area contributed by atoms with Gasteiger partial charge < -0.3 is 14.7 Å². The fourth-order valence-electron chi connectivity index (χ4n) is 3.57. The Morgan fingerprint density at radius 2 is 2.10 bits per heavy atom. The highest BCUT2D eigenvalue weighted by atomic mass is 16.5. The van der Waals surface area contributed by atoms with Crippen LogP contribution in [0.15, 0.2) is 18.2 Å². The van der Waals surface area contributed by atoms with Crippen molar-refractivity contribution in [3.63, 3.8) is 0 Å². The number of rotatable bonds is 2. The zero-order valence-electron chi connectivity index (χ0n) is 12.6. The maximum absolute atomic E-state index is 10.5. The van der Waals surface area contributed by atoms with E-state index in [-0.39, 0.29) is 11.7 Å². The lowest BCUT2D eigenvalue weighted by atomic mass is 9.81. The van der Waals surface area contributed by atoms with E-state index in [0.29, 0.717) is 0 Å². The van der Waals surface area contributed by atoms with Gasteiger partial charge >= 0.3 is 0 Å². The number of likely N-dealkylation sites (tertiary alicyclic amines) is 1. The molecule has 3 heteroatoms. The number of hydrogen-bond donors (Lipinski definition) is 1. The molecule has 3 nitrogen and oxygen atoms in total. The van der Waals surface area contributed by atoms with E-state index in [1.54, 1.807) is 0 Å². The Morgan fingerprint density at radius 3 is 2.80 bits per heavy atom. The highest BCUT2D eigenvalue weighted by Crippen LogP contribution is 2.44. The molecule has 20 heavy (non-hydrogen) atoms. The molecule has 1 atom stereocenters. The molecule has 2 aliphatic rings. The second-order valence-corrected chi connectivity index (χ2v) is 6.39. The van der Waals surface area contributed by atoms with Gasteiger partial charge in [0.15, 0.2) is 0 Å². The van der Waals surface area contributed by atoms with Crippen molar-refractivity contribution in [2.75, 3.05) is 19.6 Å². The van der Waals surface area contributed by atoms with Crippen LogP contribution in [0.2, 0.25) is 0 Å². The van der Waals surface area contributed by atoms with Crippen molar-refractivity contribution in [3.05, 3.63) is 29.3 Å². The lowest BCUT2D eigenvalue weighted by Crippen LogP contribution is -2.50. The zero-order valence-corrected chi connectivity index (χ0v) is 12.6. The maximum Gasteiger partial charge on any atom is 0.125 e. The first kappa shape index (κ1) is 13.9. The van der Waals surface area contributed by atoms with Crippen LogP contribution in [0.5, 0.6) is 5.75 Å². The second-order valence-electron chi connectivity index (χ2n) is 6.39. The van der Waals surface area contributed by atoms with Gasteiger partial charge in [0, 0.05) is 25.1 Å². The van der Waals surface area contributed by atoms with Crippen LogP contribution >= 0.6 is 0 Å². The summed E-state index contributed by atoms with van der Waals surface area (Å²) in [4.78, 5) is 2.51. The summed E-state index contributed by atoms with van der Waals surface area (Å²) < 4.78 is 6.33. The van der Waals surface area contributed by atoms with Crippen LogP contribution in [0.25, 0.3) is 0 Å². The molecule has 0 bridgehead atoms. The first-order chi connectivity index (χ1) is 9.62. The van der Waals surface area contributed by atoms with Crippen molar-refractivity contribution in [1.82, 2.24) is 4.90 Å². The predicted octanol–water partition coefficient (Wildman–Crippen LogP) is 3.06. The number of aliphatic hydroxyl groups is 1. The molecule has 0 aliphatic carbocycles. The lowest BCUT2D eigenvalue weighted by Gasteiger charge is -2.46. The van der Waals surface area contributed by atoms with Gasteiger partial charge in [-0.05, 0) is 44.9 Å². The lowest BCUT2D eigenvalue weighted by molar-refractivity contribution is -0.0538. The summed E-state index contributed by atoms with van der Waals surface area (Å²) in [6, 6.07) is 6.14. The molecule has 1 fully saturated rings. The molecule has 2 aliphatic heterocycles. The highest BCUT2D eigenvalue weighted by molar-refractivity contribution is 5.41. The molecule has 0 unspecified atom stereocenters. The number of fused-ring (bicyclic) bond motifs is 1. The Balaban J connectivity index is 1.76. The van der Waals surface area contributed by atoms with Gasteiger partial charge in [0.1, 0.15) is 11.4 Å². The SMILES string of the molecule is CCCN1CCC2(CC1)C[C@@H](O)c1cc(C)ccc1O2. The summed E-state index contributed by atoms with van der Waals surface area (Å²) >= 11 is 0. The van der Waals surface area contributed by atoms with E-state index in [0.717, 1.165) is 43.7 Å². The van der Waals surface area contributed by atoms with E-state index in [1.165, 1.54) is 18.5 Å². The summed E-state index contributed by atoms with van der Waals surface area (Å²) in [5.74, 6) is 0.887. The van der Waals surface area contributed by atoms with Crippen molar-refractivity contribution in [3.8, 4) is 5.75 Å². The van der Waals surface area contributed by atoms with E-state index >= 15 is 0 Å². The number of benzene rings is 1. The molecule has 1 aromatic rings. The molecular weight excluding hydrogens is 250 g/mol. The number of nitrogens with zero attached hydrogens (tertiary/aromatic N) is 1. The van der Waals surface area contributed by atoms with Gasteiger partial charge in [-0.15, -0.1) is 0 Å². The highest BCUT2D eigenvalue weighted by Gasteiger charge is 2.42. The van der Waals surface area contributed by atoms with Crippen molar-refractivity contribution >= 4 is 0 Å². The maximum atomic E-state index is 10.5. The van der Waals surface area contributed by atoms with Gasteiger partial charge in [-0.3, -0.25) is 0 Å². The Hall–Kier alpha value is -1.06. The first-order valence-electron chi connectivity index (χ1n) is 7.82. The Kier molecular flexibility index (Phi) is 3.74. The molecule has 1 aromatic carbocycles. The Morgan fingerprint density at radius 1 is 1.35 bits per heavy atom. The van der Waals surface area contributed by atoms with Gasteiger partial charge in [-0.2, -0.15) is 0 Å². The van der Waals surface area contributed by atoms with Crippen molar-refractivity contribution in [1.29, 1.82) is 0 Å². The van der Waals surface area contributed by atoms with E-state index in [1.807, 2.05) is 6.07 Å². The summed E-state index contributed by atoms with van der Waals surface area (Å²) in [5.41, 5.74) is 2.00. The average molecular weight is 275 g/mol. The number of aryl methyl sites for hydroxylation is 1. The second kappa shape index (κ2) is 5.38. The summed E-state index contributed by atoms with van der Waals surface area (Å²) in [6.07, 6.45) is 3.62. The molecule has 1 N–H and O–H groups in total. The largest absolute Gasteiger partial charge is 0.487 e. The summed E-state index contributed by atoms with van der Waals surface area (Å²) in [5, 5.41) is 10.5. The van der Waals surface area contributed by atoms with Crippen LogP contribution in [-0.4, -0.2) is 35.2 Å². The van der Waals surface area contributed by atoms with Crippen LogP contribution in [0, 0.1) is 6.92 Å². The molecule has 110 valence electrons. The van der Waals surface area contributed by atoms with E-state index in [2.05, 4.69) is 30.9 Å². The van der Waals surface area contributed by atoms with Crippen LogP contribution in [0.4, 0.5) is 0 Å². The minimum absolute atomic E-state index is 0.147. The van der Waals surface area contributed by atoms with E-state index in [4.69, 9.17) is 4.74 Å². The van der Waals surface area contributed by atoms with Crippen LogP contribution < -0.4 is 4.74 Å². The number of ether oxygens (including phenoxy) is 1. The molecule has 0 radical (unpaired) electrons. The normalized spacial score (nSPS) is 25.2. The molecular formula is C17H25NO2. The van der Waals surface area contributed by atoms with E-state index in [9.17, 15) is 5.11 Å². The predicted molar refractivity (Wildman–Crippen MR) is 80.1 cm³/mol. The zero-order chi connectivity index (χ0) is 14.2. The van der Waals surface area contributed by atoms with Crippen LogP contribution in [-0.2, 0) is 0 Å². The smallest absolute Gasteiger partial charge is 0.125 e. The third-order valence-electron chi connectivity index (χ3n) is 4.72. The molecule has 0 aromatic heterocycles. The number of piperidine rings is 1. The van der Waals surface area contributed by atoms with Gasteiger partial charge in [-0.1, -0.05) is 18.6 Å². The van der Waals surface area contributed by atoms with Crippen molar-refractivity contribution in [2.45, 2.75) is 51.2 Å². The summed E-state index contributed by atoms with van der Waals surface area (Å²) in [6.45, 7) is 7.63. The topological polar surface area (TPSA) is 32.7 Å². The van der Waals surface area contributed by atoms with Crippen molar-refractivity contribution in [2.24, 2.45) is 0 Å². The third kappa shape index (κ3) is 2.57. The van der Waals surface area contributed by atoms with Gasteiger partial charge in [0.05, 0.1) is 6.10 Å². The molecule has 2 heterocycles. The standard InChI is InChI=1S/C17H25NO2/c1-3-8-18-9-6-17(7-10-18)12-15(19)14-11-13(2)4-5-16(14)20-17/h4-5,11,15,19H,3,6-10,12H2,1-2H3/t15-/m1/s1. The minimum atomic E-state index is -0.378. The van der Waals surface area contributed by atoms with E-state index < -0.39 is 0 Å². The van der Waals surface area contributed by atoms with Gasteiger partial charge in [0.25, 0.3) is 0 Å². The van der Waals surface area contributed by atoms with Crippen molar-refractivity contribution < 1.29 is 9.84 Å². The van der Waals surface area contributed by atoms with Crippen LogP contribution in [0.1, 0.15) is 49.8 Å². The minimum Gasteiger partial charge on any atom is -0.487 e. The Bertz CT molecular complexity index is 478. The van der Waals surface area contributed by atoms with Crippen LogP contribution in [0.3, 0.4) is 0 Å². The fourth-order valence-corrected chi connectivity index (χ4v) is 3.57. The molecule has 1 spiro atoms. The van der Waals surface area contributed by atoms with Gasteiger partial charge in [-0.25, -0.2) is 0 Å². The summed E-state index contributed by atoms with van der Waals surface area (Å²) in [7, 11) is 0. The molecule has 0 saturated carbocycles.